The van der Waals surface area contributed by atoms with Crippen LogP contribution in [0.15, 0.2) is 36.4 Å². The Bertz CT molecular complexity index is 1170. The predicted octanol–water partition coefficient (Wildman–Crippen LogP) is 7.60. The number of fused-ring (bicyclic) bond motifs is 5. The van der Waals surface area contributed by atoms with Gasteiger partial charge in [-0.15, -0.1) is 0 Å². The third-order valence-electron chi connectivity index (χ3n) is 10.7. The lowest BCUT2D eigenvalue weighted by Crippen LogP contribution is -2.45. The summed E-state index contributed by atoms with van der Waals surface area (Å²) >= 11 is 0. The number of carbonyl (C=O) groups excluding carboxylic acids is 1. The Morgan fingerprint density at radius 3 is 2.72 bits per heavy atom. The Hall–Kier alpha value is -2.53. The highest BCUT2D eigenvalue weighted by atomic mass is 16.7. The molecule has 1 aliphatic heterocycles. The minimum Gasteiger partial charge on any atom is -0.496 e. The van der Waals surface area contributed by atoms with Crippen molar-refractivity contribution in [3.63, 3.8) is 0 Å². The molecule has 0 amide bonds. The van der Waals surface area contributed by atoms with E-state index in [1.807, 2.05) is 12.1 Å². The van der Waals surface area contributed by atoms with Crippen LogP contribution in [0.5, 0.6) is 17.2 Å². The highest BCUT2D eigenvalue weighted by molar-refractivity contribution is 5.79. The van der Waals surface area contributed by atoms with Crippen molar-refractivity contribution >= 4 is 6.29 Å². The maximum absolute atomic E-state index is 11.2. The van der Waals surface area contributed by atoms with Crippen molar-refractivity contribution in [3.8, 4) is 17.2 Å². The van der Waals surface area contributed by atoms with E-state index in [1.165, 1.54) is 37.7 Å². The fourth-order valence-electron chi connectivity index (χ4n) is 8.76. The van der Waals surface area contributed by atoms with E-state index < -0.39 is 0 Å². The summed E-state index contributed by atoms with van der Waals surface area (Å²) in [6.07, 6.45) is 11.5. The summed E-state index contributed by atoms with van der Waals surface area (Å²) in [5.74, 6) is 5.91. The maximum atomic E-state index is 11.2. The highest BCUT2D eigenvalue weighted by Crippen LogP contribution is 2.64. The quantitative estimate of drug-likeness (QED) is 0.328. The van der Waals surface area contributed by atoms with Crippen LogP contribution in [0.4, 0.5) is 0 Å². The normalized spacial score (nSPS) is 33.4. The monoisotopic (exact) mass is 532 g/mol. The van der Waals surface area contributed by atoms with Crippen LogP contribution in [0.2, 0.25) is 0 Å². The maximum Gasteiger partial charge on any atom is 0.199 e. The van der Waals surface area contributed by atoms with E-state index in [4.69, 9.17) is 18.9 Å². The standard InChI is InChI=1S/C34H44O5/c1-22-18-24-19-27(39-32-6-4-5-16-38-32)10-11-28(24)29-13-15-34(2)25(8-12-30(34)33(22)29)14-17-37-26-9-7-23(21-35)31(20-26)36-3/h7,9-11,19-22,25,29-30,32-33H,4-6,8,12-18H2,1-3H3/t22-,25?,29?,30?,32?,33?,34?/m1/s1. The molecular weight excluding hydrogens is 488 g/mol. The van der Waals surface area contributed by atoms with Crippen molar-refractivity contribution in [2.24, 2.45) is 29.1 Å². The molecule has 3 fully saturated rings. The largest absolute Gasteiger partial charge is 0.496 e. The zero-order chi connectivity index (χ0) is 27.0. The van der Waals surface area contributed by atoms with E-state index in [-0.39, 0.29) is 6.29 Å². The van der Waals surface area contributed by atoms with Gasteiger partial charge in [0.15, 0.2) is 12.6 Å². The third kappa shape index (κ3) is 5.08. The van der Waals surface area contributed by atoms with Gasteiger partial charge in [0, 0.05) is 12.5 Å². The summed E-state index contributed by atoms with van der Waals surface area (Å²) in [7, 11) is 1.59. The van der Waals surface area contributed by atoms with E-state index in [1.54, 1.807) is 18.7 Å². The molecule has 6 unspecified atom stereocenters. The molecule has 0 spiro atoms. The van der Waals surface area contributed by atoms with Gasteiger partial charge in [-0.25, -0.2) is 0 Å². The summed E-state index contributed by atoms with van der Waals surface area (Å²) in [6.45, 7) is 6.59. The van der Waals surface area contributed by atoms with Crippen LogP contribution in [-0.4, -0.2) is 32.9 Å². The Morgan fingerprint density at radius 2 is 1.92 bits per heavy atom. The first kappa shape index (κ1) is 26.7. The molecule has 1 heterocycles. The lowest BCUT2D eigenvalue weighted by molar-refractivity contribution is -0.105. The van der Waals surface area contributed by atoms with Gasteiger partial charge in [0.2, 0.25) is 0 Å². The molecule has 7 atom stereocenters. The van der Waals surface area contributed by atoms with E-state index >= 15 is 0 Å². The zero-order valence-electron chi connectivity index (χ0n) is 23.8. The van der Waals surface area contributed by atoms with Crippen molar-refractivity contribution in [2.45, 2.75) is 83.8 Å². The third-order valence-corrected chi connectivity index (χ3v) is 10.7. The molecule has 0 bridgehead atoms. The van der Waals surface area contributed by atoms with Crippen molar-refractivity contribution < 1.29 is 23.7 Å². The van der Waals surface area contributed by atoms with E-state index in [0.29, 0.717) is 41.1 Å². The molecule has 0 aromatic heterocycles. The molecule has 2 saturated carbocycles. The van der Waals surface area contributed by atoms with Crippen molar-refractivity contribution in [1.82, 2.24) is 0 Å². The van der Waals surface area contributed by atoms with Gasteiger partial charge in [0.05, 0.1) is 25.9 Å². The Kier molecular flexibility index (Phi) is 7.63. The minimum absolute atomic E-state index is 0.0851. The molecule has 2 aromatic carbocycles. The Balaban J connectivity index is 1.11. The van der Waals surface area contributed by atoms with Crippen molar-refractivity contribution in [2.75, 3.05) is 20.3 Å². The summed E-state index contributed by atoms with van der Waals surface area (Å²) in [5.41, 5.74) is 4.02. The van der Waals surface area contributed by atoms with E-state index in [9.17, 15) is 4.79 Å². The zero-order valence-corrected chi connectivity index (χ0v) is 23.8. The van der Waals surface area contributed by atoms with Gasteiger partial charge < -0.3 is 18.9 Å². The van der Waals surface area contributed by atoms with Crippen LogP contribution in [0.25, 0.3) is 0 Å². The number of carbonyl (C=O) groups is 1. The molecule has 4 aliphatic rings. The molecule has 3 aliphatic carbocycles. The fraction of sp³-hybridized carbons (Fsp3) is 0.618. The molecule has 5 heteroatoms. The topological polar surface area (TPSA) is 54.0 Å². The Morgan fingerprint density at radius 1 is 1.05 bits per heavy atom. The van der Waals surface area contributed by atoms with Crippen LogP contribution in [0.1, 0.15) is 92.6 Å². The average Bonchev–Trinajstić information content (AvgIpc) is 3.29. The van der Waals surface area contributed by atoms with Crippen LogP contribution in [-0.2, 0) is 11.2 Å². The first-order chi connectivity index (χ1) is 19.0. The van der Waals surface area contributed by atoms with Gasteiger partial charge in [-0.3, -0.25) is 4.79 Å². The fourth-order valence-corrected chi connectivity index (χ4v) is 8.76. The van der Waals surface area contributed by atoms with E-state index in [0.717, 1.165) is 61.9 Å². The molecule has 2 aromatic rings. The molecule has 39 heavy (non-hydrogen) atoms. The van der Waals surface area contributed by atoms with Gasteiger partial charge in [-0.2, -0.15) is 0 Å². The first-order valence-electron chi connectivity index (χ1n) is 15.2. The van der Waals surface area contributed by atoms with Gasteiger partial charge in [-0.1, -0.05) is 19.9 Å². The minimum atomic E-state index is -0.0851. The number of benzene rings is 2. The number of hydrogen-bond donors (Lipinski definition) is 0. The lowest BCUT2D eigenvalue weighted by Gasteiger charge is -2.53. The molecule has 1 saturated heterocycles. The van der Waals surface area contributed by atoms with Crippen molar-refractivity contribution in [1.29, 1.82) is 0 Å². The number of aldehydes is 1. The molecule has 0 radical (unpaired) electrons. The highest BCUT2D eigenvalue weighted by Gasteiger charge is 2.55. The van der Waals surface area contributed by atoms with Crippen molar-refractivity contribution in [3.05, 3.63) is 53.1 Å². The van der Waals surface area contributed by atoms with Gasteiger partial charge in [0.25, 0.3) is 0 Å². The summed E-state index contributed by atoms with van der Waals surface area (Å²) < 4.78 is 23.6. The Labute approximate surface area is 233 Å². The molecule has 210 valence electrons. The number of ether oxygens (including phenoxy) is 4. The second kappa shape index (κ2) is 11.2. The summed E-state index contributed by atoms with van der Waals surface area (Å²) in [4.78, 5) is 11.2. The van der Waals surface area contributed by atoms with Crippen LogP contribution >= 0.6 is 0 Å². The molecular formula is C34H44O5. The number of hydrogen-bond acceptors (Lipinski definition) is 5. The molecule has 0 N–H and O–H groups in total. The van der Waals surface area contributed by atoms with Gasteiger partial charge >= 0.3 is 0 Å². The molecule has 6 rings (SSSR count). The van der Waals surface area contributed by atoms with Gasteiger partial charge in [0.1, 0.15) is 17.2 Å². The first-order valence-corrected chi connectivity index (χ1v) is 15.2. The van der Waals surface area contributed by atoms with Crippen LogP contribution < -0.4 is 14.2 Å². The molecule has 5 nitrogen and oxygen atoms in total. The number of methoxy groups -OCH3 is 1. The van der Waals surface area contributed by atoms with Crippen LogP contribution in [0, 0.1) is 29.1 Å². The summed E-state index contributed by atoms with van der Waals surface area (Å²) in [5, 5.41) is 0. The predicted molar refractivity (Wildman–Crippen MR) is 152 cm³/mol. The van der Waals surface area contributed by atoms with Crippen LogP contribution in [0.3, 0.4) is 0 Å². The second-order valence-electron chi connectivity index (χ2n) is 12.7. The second-order valence-corrected chi connectivity index (χ2v) is 12.7. The van der Waals surface area contributed by atoms with E-state index in [2.05, 4.69) is 32.0 Å². The average molecular weight is 533 g/mol. The SMILES string of the molecule is COc1cc(OCCC2CCC3C4C(CCC23C)c2ccc(OC3CCCCO3)cc2C[C@H]4C)ccc1C=O. The smallest absolute Gasteiger partial charge is 0.199 e. The number of rotatable bonds is 8. The lowest BCUT2D eigenvalue weighted by atomic mass is 9.51. The summed E-state index contributed by atoms with van der Waals surface area (Å²) in [6, 6.07) is 12.4. The van der Waals surface area contributed by atoms with Gasteiger partial charge in [-0.05, 0) is 122 Å².